The Morgan fingerprint density at radius 3 is 2.29 bits per heavy atom. The minimum atomic E-state index is 0.214. The van der Waals surface area contributed by atoms with Gasteiger partial charge in [0.2, 0.25) is 0 Å². The summed E-state index contributed by atoms with van der Waals surface area (Å²) in [5.74, 6) is 0. The van der Waals surface area contributed by atoms with Crippen molar-refractivity contribution in [1.82, 2.24) is 5.32 Å². The Hall–Kier alpha value is -0.820. The van der Waals surface area contributed by atoms with Gasteiger partial charge < -0.3 is 5.32 Å². The smallest absolute Gasteiger partial charge is 0.00403 e. The van der Waals surface area contributed by atoms with Crippen molar-refractivity contribution < 1.29 is 0 Å². The highest BCUT2D eigenvalue weighted by molar-refractivity contribution is 5.41. The van der Waals surface area contributed by atoms with Crippen LogP contribution in [0.1, 0.15) is 50.8 Å². The van der Waals surface area contributed by atoms with E-state index in [4.69, 9.17) is 0 Å². The van der Waals surface area contributed by atoms with Gasteiger partial charge in [-0.2, -0.15) is 0 Å². The lowest BCUT2D eigenvalue weighted by Crippen LogP contribution is -2.32. The molecule has 0 aliphatic heterocycles. The van der Waals surface area contributed by atoms with Gasteiger partial charge in [-0.25, -0.2) is 0 Å². The second kappa shape index (κ2) is 6.20. The number of rotatable bonds is 6. The Balaban J connectivity index is 3.25. The fraction of sp³-hybridized carbons (Fsp3) is 0.625. The van der Waals surface area contributed by atoms with Crippen LogP contribution >= 0.6 is 0 Å². The quantitative estimate of drug-likeness (QED) is 0.790. The van der Waals surface area contributed by atoms with E-state index in [1.807, 2.05) is 7.05 Å². The highest BCUT2D eigenvalue weighted by Gasteiger charge is 2.24. The molecule has 1 aromatic rings. The molecular weight excluding hydrogens is 206 g/mol. The Morgan fingerprint density at radius 2 is 1.76 bits per heavy atom. The fourth-order valence-corrected chi connectivity index (χ4v) is 2.83. The van der Waals surface area contributed by atoms with Crippen molar-refractivity contribution in [1.29, 1.82) is 0 Å². The van der Waals surface area contributed by atoms with Crippen LogP contribution in [0, 0.1) is 0 Å². The molecule has 1 nitrogen and oxygen atoms in total. The Kier molecular flexibility index (Phi) is 5.20. The molecule has 0 saturated heterocycles. The zero-order chi connectivity index (χ0) is 12.9. The molecule has 0 atom stereocenters. The van der Waals surface area contributed by atoms with Gasteiger partial charge in [-0.3, -0.25) is 0 Å². The van der Waals surface area contributed by atoms with Crippen LogP contribution in [0.5, 0.6) is 0 Å². The average Bonchev–Trinajstić information content (AvgIpc) is 2.28. The lowest BCUT2D eigenvalue weighted by molar-refractivity contribution is 0.485. The molecule has 0 bridgehead atoms. The van der Waals surface area contributed by atoms with Crippen LogP contribution in [-0.2, 0) is 18.3 Å². The monoisotopic (exact) mass is 233 g/mol. The van der Waals surface area contributed by atoms with E-state index in [0.717, 1.165) is 13.0 Å². The topological polar surface area (TPSA) is 12.0 Å². The van der Waals surface area contributed by atoms with Crippen molar-refractivity contribution in [3.8, 4) is 0 Å². The van der Waals surface area contributed by atoms with Gasteiger partial charge in [0, 0.05) is 12.0 Å². The summed E-state index contributed by atoms with van der Waals surface area (Å²) in [6.07, 6.45) is 3.53. The van der Waals surface area contributed by atoms with E-state index in [2.05, 4.69) is 51.2 Å². The molecule has 96 valence electrons. The molecule has 1 rings (SSSR count). The third-order valence-electron chi connectivity index (χ3n) is 3.43. The zero-order valence-corrected chi connectivity index (χ0v) is 12.1. The molecule has 0 aromatic heterocycles. The first-order valence-electron chi connectivity index (χ1n) is 6.82. The first kappa shape index (κ1) is 14.2. The molecule has 17 heavy (non-hydrogen) atoms. The molecule has 0 unspecified atom stereocenters. The molecule has 0 radical (unpaired) electrons. The highest BCUT2D eigenvalue weighted by atomic mass is 14.8. The normalized spacial score (nSPS) is 11.8. The van der Waals surface area contributed by atoms with Gasteiger partial charge in [0.05, 0.1) is 0 Å². The van der Waals surface area contributed by atoms with E-state index in [9.17, 15) is 0 Å². The van der Waals surface area contributed by atoms with Crippen molar-refractivity contribution in [2.24, 2.45) is 0 Å². The molecule has 0 amide bonds. The molecule has 1 aromatic carbocycles. The minimum absolute atomic E-state index is 0.214. The fourth-order valence-electron chi connectivity index (χ4n) is 2.83. The first-order valence-corrected chi connectivity index (χ1v) is 6.82. The second-order valence-electron chi connectivity index (χ2n) is 5.47. The van der Waals surface area contributed by atoms with Crippen LogP contribution in [0.25, 0.3) is 0 Å². The van der Waals surface area contributed by atoms with E-state index in [1.54, 1.807) is 5.56 Å². The summed E-state index contributed by atoms with van der Waals surface area (Å²) in [5, 5.41) is 3.33. The Labute approximate surface area is 107 Å². The van der Waals surface area contributed by atoms with Crippen LogP contribution in [0.15, 0.2) is 18.2 Å². The Bertz CT molecular complexity index is 353. The summed E-state index contributed by atoms with van der Waals surface area (Å²) >= 11 is 0. The maximum absolute atomic E-state index is 3.33. The lowest BCUT2D eigenvalue weighted by Gasteiger charge is -2.30. The molecule has 0 fully saturated rings. The van der Waals surface area contributed by atoms with Crippen molar-refractivity contribution >= 4 is 0 Å². The maximum atomic E-state index is 3.33. The van der Waals surface area contributed by atoms with E-state index in [-0.39, 0.29) is 5.41 Å². The van der Waals surface area contributed by atoms with Gasteiger partial charge in [-0.05, 0) is 36.6 Å². The van der Waals surface area contributed by atoms with Crippen LogP contribution < -0.4 is 5.32 Å². The molecule has 0 aliphatic carbocycles. The molecule has 0 aliphatic rings. The predicted molar refractivity (Wildman–Crippen MR) is 76.8 cm³/mol. The van der Waals surface area contributed by atoms with Crippen LogP contribution in [0.2, 0.25) is 0 Å². The van der Waals surface area contributed by atoms with Crippen LogP contribution in [0.3, 0.4) is 0 Å². The van der Waals surface area contributed by atoms with Gasteiger partial charge in [0.15, 0.2) is 0 Å². The summed E-state index contributed by atoms with van der Waals surface area (Å²) < 4.78 is 0. The third kappa shape index (κ3) is 3.32. The predicted octanol–water partition coefficient (Wildman–Crippen LogP) is 3.70. The summed E-state index contributed by atoms with van der Waals surface area (Å²) in [4.78, 5) is 0. The number of benzene rings is 1. The van der Waals surface area contributed by atoms with Crippen molar-refractivity contribution in [2.45, 2.75) is 52.4 Å². The van der Waals surface area contributed by atoms with Crippen molar-refractivity contribution in [3.05, 3.63) is 34.9 Å². The van der Waals surface area contributed by atoms with Crippen LogP contribution in [-0.4, -0.2) is 13.6 Å². The number of likely N-dealkylation sites (N-methyl/N-ethyl adjacent to an activating group) is 1. The Morgan fingerprint density at radius 1 is 1.12 bits per heavy atom. The number of hydrogen-bond acceptors (Lipinski definition) is 1. The summed E-state index contributed by atoms with van der Waals surface area (Å²) in [6, 6.07) is 6.80. The molecule has 1 heteroatoms. The summed E-state index contributed by atoms with van der Waals surface area (Å²) in [7, 11) is 2.04. The highest BCUT2D eigenvalue weighted by Crippen LogP contribution is 2.30. The molecular formula is C16H27N. The van der Waals surface area contributed by atoms with Crippen molar-refractivity contribution in [2.75, 3.05) is 13.6 Å². The van der Waals surface area contributed by atoms with Gasteiger partial charge >= 0.3 is 0 Å². The summed E-state index contributed by atoms with van der Waals surface area (Å²) in [6.45, 7) is 10.2. The standard InChI is InChI=1S/C16H27N/c1-6-9-14-11-8-10-13(7-2)15(14)16(3,4)12-17-5/h8,10-11,17H,6-7,9,12H2,1-5H3. The van der Waals surface area contributed by atoms with Gasteiger partial charge in [0.25, 0.3) is 0 Å². The maximum Gasteiger partial charge on any atom is 0.00403 e. The van der Waals surface area contributed by atoms with E-state index in [1.165, 1.54) is 24.0 Å². The zero-order valence-electron chi connectivity index (χ0n) is 12.1. The van der Waals surface area contributed by atoms with Gasteiger partial charge in [0.1, 0.15) is 0 Å². The second-order valence-corrected chi connectivity index (χ2v) is 5.47. The third-order valence-corrected chi connectivity index (χ3v) is 3.43. The number of nitrogens with one attached hydrogen (secondary N) is 1. The number of aryl methyl sites for hydroxylation is 2. The van der Waals surface area contributed by atoms with Gasteiger partial charge in [-0.15, -0.1) is 0 Å². The molecule has 0 saturated carbocycles. The molecule has 1 N–H and O–H groups in total. The van der Waals surface area contributed by atoms with Crippen molar-refractivity contribution in [3.63, 3.8) is 0 Å². The molecule has 0 spiro atoms. The SMILES string of the molecule is CCCc1cccc(CC)c1C(C)(C)CNC. The van der Waals surface area contributed by atoms with Gasteiger partial charge in [-0.1, -0.05) is 52.3 Å². The van der Waals surface area contributed by atoms with Crippen LogP contribution in [0.4, 0.5) is 0 Å². The first-order chi connectivity index (χ1) is 8.06. The average molecular weight is 233 g/mol. The lowest BCUT2D eigenvalue weighted by atomic mass is 9.77. The molecule has 0 heterocycles. The van der Waals surface area contributed by atoms with E-state index in [0.29, 0.717) is 0 Å². The van der Waals surface area contributed by atoms with E-state index >= 15 is 0 Å². The minimum Gasteiger partial charge on any atom is -0.319 e. The largest absolute Gasteiger partial charge is 0.319 e. The summed E-state index contributed by atoms with van der Waals surface area (Å²) in [5.41, 5.74) is 4.83. The van der Waals surface area contributed by atoms with E-state index < -0.39 is 0 Å². The number of hydrogen-bond donors (Lipinski definition) is 1.